The molecule has 4 bridgehead atoms. The summed E-state index contributed by atoms with van der Waals surface area (Å²) in [5.41, 5.74) is 3.77. The number of likely N-dealkylation sites (tertiary alicyclic amines) is 1. The summed E-state index contributed by atoms with van der Waals surface area (Å²) in [5, 5.41) is 14.0. The first-order valence-corrected chi connectivity index (χ1v) is 13.3. The zero-order valence-corrected chi connectivity index (χ0v) is 20.4. The summed E-state index contributed by atoms with van der Waals surface area (Å²) < 4.78 is 0. The molecule has 34 heavy (non-hydrogen) atoms. The van der Waals surface area contributed by atoms with E-state index in [2.05, 4.69) is 33.4 Å². The van der Waals surface area contributed by atoms with Gasteiger partial charge in [0.1, 0.15) is 0 Å². The molecule has 1 aliphatic heterocycles. The van der Waals surface area contributed by atoms with Crippen LogP contribution in [0.2, 0.25) is 5.02 Å². The number of pyridine rings is 1. The highest BCUT2D eigenvalue weighted by Gasteiger charge is 2.51. The maximum absolute atomic E-state index is 11.5. The number of carboxylic acids is 1. The third-order valence-electron chi connectivity index (χ3n) is 8.98. The van der Waals surface area contributed by atoms with Gasteiger partial charge in [0.25, 0.3) is 0 Å². The van der Waals surface area contributed by atoms with E-state index in [1.54, 1.807) is 18.3 Å². The molecule has 0 radical (unpaired) electrons. The molecule has 1 atom stereocenters. The van der Waals surface area contributed by atoms with E-state index in [0.29, 0.717) is 23.2 Å². The van der Waals surface area contributed by atoms with Crippen molar-refractivity contribution in [3.63, 3.8) is 0 Å². The van der Waals surface area contributed by atoms with Gasteiger partial charge in [-0.25, -0.2) is 4.79 Å². The Bertz CT molecular complexity index is 1050. The standard InChI is InChI=1S/C28H34ClN3O2/c29-24-12-21(28-13-18-9-19(14-28)11-20(10-18)15-28)5-6-25(24)31-22-3-2-8-32(16-22)17-26-23(27(33)34)4-1-7-30-26/h1,4-7,12,18-20,22,31H,2-3,8-11,13-17H2,(H,33,34). The van der Waals surface area contributed by atoms with Crippen molar-refractivity contribution in [2.45, 2.75) is 69.4 Å². The van der Waals surface area contributed by atoms with Crippen molar-refractivity contribution >= 4 is 23.3 Å². The second-order valence-corrected chi connectivity index (χ2v) is 11.8. The molecule has 4 aliphatic carbocycles. The van der Waals surface area contributed by atoms with E-state index in [0.717, 1.165) is 54.4 Å². The first-order chi connectivity index (χ1) is 16.5. The summed E-state index contributed by atoms with van der Waals surface area (Å²) >= 11 is 6.86. The molecule has 1 unspecified atom stereocenters. The molecule has 2 N–H and O–H groups in total. The van der Waals surface area contributed by atoms with Gasteiger partial charge in [-0.1, -0.05) is 17.7 Å². The molecule has 1 aromatic carbocycles. The van der Waals surface area contributed by atoms with Gasteiger partial charge in [0.15, 0.2) is 0 Å². The van der Waals surface area contributed by atoms with Crippen molar-refractivity contribution < 1.29 is 9.90 Å². The van der Waals surface area contributed by atoms with Crippen molar-refractivity contribution in [3.05, 3.63) is 58.4 Å². The molecule has 7 rings (SSSR count). The molecule has 5 aliphatic rings. The first-order valence-electron chi connectivity index (χ1n) is 12.9. The molecule has 0 amide bonds. The molecule has 0 spiro atoms. The minimum Gasteiger partial charge on any atom is -0.478 e. The molecule has 1 saturated heterocycles. The number of carboxylic acid groups (broad SMARTS) is 1. The summed E-state index contributed by atoms with van der Waals surface area (Å²) in [6.07, 6.45) is 12.2. The normalized spacial score (nSPS) is 32.6. The molecule has 4 saturated carbocycles. The van der Waals surface area contributed by atoms with Crippen LogP contribution in [-0.4, -0.2) is 40.1 Å². The Balaban J connectivity index is 1.14. The van der Waals surface area contributed by atoms with Crippen LogP contribution in [0.1, 0.15) is 73.0 Å². The SMILES string of the molecule is O=C(O)c1cccnc1CN1CCCC(Nc2ccc(C34CC5CC(CC(C5)C3)C4)cc2Cl)C1. The Labute approximate surface area is 206 Å². The second kappa shape index (κ2) is 8.83. The van der Waals surface area contributed by atoms with Gasteiger partial charge in [0.05, 0.1) is 22.0 Å². The van der Waals surface area contributed by atoms with Crippen LogP contribution in [0.25, 0.3) is 0 Å². The van der Waals surface area contributed by atoms with Crippen LogP contribution in [0.4, 0.5) is 5.69 Å². The Morgan fingerprint density at radius 2 is 1.88 bits per heavy atom. The smallest absolute Gasteiger partial charge is 0.337 e. The molecular formula is C28H34ClN3O2. The largest absolute Gasteiger partial charge is 0.478 e. The van der Waals surface area contributed by atoms with E-state index in [-0.39, 0.29) is 6.04 Å². The number of carbonyl (C=O) groups is 1. The topological polar surface area (TPSA) is 65.5 Å². The monoisotopic (exact) mass is 479 g/mol. The van der Waals surface area contributed by atoms with E-state index in [9.17, 15) is 9.90 Å². The third kappa shape index (κ3) is 4.22. The number of nitrogens with one attached hydrogen (secondary N) is 1. The third-order valence-corrected chi connectivity index (χ3v) is 9.29. The zero-order valence-electron chi connectivity index (χ0n) is 19.7. The number of halogens is 1. The van der Waals surface area contributed by atoms with Gasteiger partial charge in [-0.15, -0.1) is 0 Å². The fourth-order valence-electron chi connectivity index (χ4n) is 7.93. The van der Waals surface area contributed by atoms with Crippen LogP contribution >= 0.6 is 11.6 Å². The minimum atomic E-state index is -0.916. The highest BCUT2D eigenvalue weighted by atomic mass is 35.5. The van der Waals surface area contributed by atoms with E-state index in [1.165, 1.54) is 44.1 Å². The molecule has 2 heterocycles. The van der Waals surface area contributed by atoms with Gasteiger partial charge in [0, 0.05) is 25.3 Å². The lowest BCUT2D eigenvalue weighted by Gasteiger charge is -2.57. The van der Waals surface area contributed by atoms with Gasteiger partial charge in [0.2, 0.25) is 0 Å². The summed E-state index contributed by atoms with van der Waals surface area (Å²) in [4.78, 5) is 18.2. The Hall–Kier alpha value is -2.11. The Kier molecular flexibility index (Phi) is 5.81. The van der Waals surface area contributed by atoms with Crippen molar-refractivity contribution in [2.24, 2.45) is 17.8 Å². The fraction of sp³-hybridized carbons (Fsp3) is 0.571. The second-order valence-electron chi connectivity index (χ2n) is 11.4. The predicted octanol–water partition coefficient (Wildman–Crippen LogP) is 5.98. The number of aromatic carboxylic acids is 1. The van der Waals surface area contributed by atoms with Crippen molar-refractivity contribution in [3.8, 4) is 0 Å². The number of hydrogen-bond donors (Lipinski definition) is 2. The van der Waals surface area contributed by atoms with Crippen molar-refractivity contribution in [1.82, 2.24) is 9.88 Å². The van der Waals surface area contributed by atoms with Crippen LogP contribution in [0.5, 0.6) is 0 Å². The highest BCUT2D eigenvalue weighted by molar-refractivity contribution is 6.33. The van der Waals surface area contributed by atoms with Crippen LogP contribution in [0.15, 0.2) is 36.5 Å². The Morgan fingerprint density at radius 3 is 2.56 bits per heavy atom. The maximum Gasteiger partial charge on any atom is 0.337 e. The maximum atomic E-state index is 11.5. The van der Waals surface area contributed by atoms with Gasteiger partial charge >= 0.3 is 5.97 Å². The number of rotatable bonds is 6. The number of benzene rings is 1. The first kappa shape index (κ1) is 22.4. The van der Waals surface area contributed by atoms with Crippen molar-refractivity contribution in [2.75, 3.05) is 18.4 Å². The molecule has 180 valence electrons. The van der Waals surface area contributed by atoms with Crippen LogP contribution < -0.4 is 5.32 Å². The van der Waals surface area contributed by atoms with Gasteiger partial charge in [-0.05, 0) is 111 Å². The molecule has 5 nitrogen and oxygen atoms in total. The van der Waals surface area contributed by atoms with Crippen LogP contribution in [0.3, 0.4) is 0 Å². The van der Waals surface area contributed by atoms with Gasteiger partial charge in [-0.2, -0.15) is 0 Å². The molecule has 2 aromatic rings. The molecule has 5 fully saturated rings. The molecule has 1 aromatic heterocycles. The lowest BCUT2D eigenvalue weighted by atomic mass is 9.48. The number of anilines is 1. The Morgan fingerprint density at radius 1 is 1.15 bits per heavy atom. The number of nitrogens with zero attached hydrogens (tertiary/aromatic N) is 2. The van der Waals surface area contributed by atoms with E-state index < -0.39 is 5.97 Å². The summed E-state index contributed by atoms with van der Waals surface area (Å²) in [6.45, 7) is 2.36. The summed E-state index contributed by atoms with van der Waals surface area (Å²) in [5.74, 6) is 1.87. The van der Waals surface area contributed by atoms with Gasteiger partial charge < -0.3 is 10.4 Å². The number of hydrogen-bond acceptors (Lipinski definition) is 4. The summed E-state index contributed by atoms with van der Waals surface area (Å²) in [7, 11) is 0. The minimum absolute atomic E-state index is 0.286. The fourth-order valence-corrected chi connectivity index (χ4v) is 8.17. The predicted molar refractivity (Wildman–Crippen MR) is 134 cm³/mol. The van der Waals surface area contributed by atoms with Crippen LogP contribution in [-0.2, 0) is 12.0 Å². The number of piperidine rings is 1. The number of aromatic nitrogens is 1. The van der Waals surface area contributed by atoms with E-state index >= 15 is 0 Å². The van der Waals surface area contributed by atoms with Crippen molar-refractivity contribution in [1.29, 1.82) is 0 Å². The quantitative estimate of drug-likeness (QED) is 0.533. The average molecular weight is 480 g/mol. The molecule has 6 heteroatoms. The highest BCUT2D eigenvalue weighted by Crippen LogP contribution is 2.61. The van der Waals surface area contributed by atoms with Gasteiger partial charge in [-0.3, -0.25) is 9.88 Å². The zero-order chi connectivity index (χ0) is 23.3. The molecular weight excluding hydrogens is 446 g/mol. The lowest BCUT2D eigenvalue weighted by Crippen LogP contribution is -2.48. The van der Waals surface area contributed by atoms with Crippen LogP contribution in [0, 0.1) is 17.8 Å². The summed E-state index contributed by atoms with van der Waals surface area (Å²) in [6, 6.07) is 10.4. The lowest BCUT2D eigenvalue weighted by molar-refractivity contribution is -0.00518. The van der Waals surface area contributed by atoms with E-state index in [1.807, 2.05) is 0 Å². The van der Waals surface area contributed by atoms with E-state index in [4.69, 9.17) is 11.6 Å². The average Bonchev–Trinajstić information content (AvgIpc) is 2.80.